The number of carbonyl (C=O) groups is 1. The molecule has 0 aromatic carbocycles. The van der Waals surface area contributed by atoms with Gasteiger partial charge < -0.3 is 9.84 Å². The highest BCUT2D eigenvalue weighted by atomic mass is 32.2. The molecule has 1 atom stereocenters. The lowest BCUT2D eigenvalue weighted by Gasteiger charge is -2.10. The maximum atomic E-state index is 11.9. The molecule has 18 heavy (non-hydrogen) atoms. The predicted octanol–water partition coefficient (Wildman–Crippen LogP) is 0.688. The zero-order valence-electron chi connectivity index (χ0n) is 10.0. The topological polar surface area (TPSA) is 92.7 Å². The standard InChI is InChI=1S/C10H15NO5S2/c1-3-7-4-5-9(17-7)18(14,15)11-6-8(16-2)10(12)13/h4-5,8,11H,3,6H2,1-2H3,(H,12,13). The number of ether oxygens (including phenoxy) is 1. The lowest BCUT2D eigenvalue weighted by atomic mass is 10.4. The second-order valence-corrected chi connectivity index (χ2v) is 6.65. The number of hydrogen-bond acceptors (Lipinski definition) is 5. The molecule has 1 aromatic heterocycles. The van der Waals surface area contributed by atoms with Crippen molar-refractivity contribution in [3.05, 3.63) is 17.0 Å². The third-order valence-corrected chi connectivity index (χ3v) is 5.41. The van der Waals surface area contributed by atoms with Gasteiger partial charge in [-0.15, -0.1) is 11.3 Å². The van der Waals surface area contributed by atoms with Crippen molar-refractivity contribution in [2.24, 2.45) is 0 Å². The van der Waals surface area contributed by atoms with E-state index >= 15 is 0 Å². The van der Waals surface area contributed by atoms with Crippen molar-refractivity contribution in [3.8, 4) is 0 Å². The van der Waals surface area contributed by atoms with Gasteiger partial charge in [-0.2, -0.15) is 0 Å². The summed E-state index contributed by atoms with van der Waals surface area (Å²) < 4.78 is 30.8. The average Bonchev–Trinajstić information content (AvgIpc) is 2.78. The minimum Gasteiger partial charge on any atom is -0.479 e. The first kappa shape index (κ1) is 15.1. The Hall–Kier alpha value is -0.960. The fraction of sp³-hybridized carbons (Fsp3) is 0.500. The largest absolute Gasteiger partial charge is 0.479 e. The quantitative estimate of drug-likeness (QED) is 0.771. The summed E-state index contributed by atoms with van der Waals surface area (Å²) in [5, 5.41) is 8.73. The van der Waals surface area contributed by atoms with Crippen LogP contribution >= 0.6 is 11.3 Å². The van der Waals surface area contributed by atoms with Gasteiger partial charge in [0.2, 0.25) is 10.0 Å². The molecule has 0 fully saturated rings. The third kappa shape index (κ3) is 3.77. The molecule has 0 radical (unpaired) electrons. The zero-order chi connectivity index (χ0) is 13.8. The zero-order valence-corrected chi connectivity index (χ0v) is 11.7. The smallest absolute Gasteiger partial charge is 0.334 e. The minimum atomic E-state index is -3.66. The fourth-order valence-electron chi connectivity index (χ4n) is 1.22. The van der Waals surface area contributed by atoms with Crippen LogP contribution in [0.25, 0.3) is 0 Å². The Morgan fingerprint density at radius 2 is 2.22 bits per heavy atom. The van der Waals surface area contributed by atoms with Crippen molar-refractivity contribution in [1.82, 2.24) is 4.72 Å². The molecule has 0 saturated heterocycles. The van der Waals surface area contributed by atoms with Gasteiger partial charge in [-0.1, -0.05) is 6.92 Å². The summed E-state index contributed by atoms with van der Waals surface area (Å²) in [6.45, 7) is 1.63. The van der Waals surface area contributed by atoms with Crippen LogP contribution in [0.4, 0.5) is 0 Å². The van der Waals surface area contributed by atoms with E-state index < -0.39 is 22.1 Å². The first-order valence-corrected chi connectivity index (χ1v) is 7.54. The molecule has 102 valence electrons. The van der Waals surface area contributed by atoms with E-state index in [1.54, 1.807) is 6.07 Å². The predicted molar refractivity (Wildman–Crippen MR) is 67.3 cm³/mol. The molecule has 0 bridgehead atoms. The molecule has 0 aliphatic rings. The Labute approximate surface area is 110 Å². The van der Waals surface area contributed by atoms with E-state index in [4.69, 9.17) is 5.11 Å². The summed E-state index contributed by atoms with van der Waals surface area (Å²) in [5.41, 5.74) is 0. The van der Waals surface area contributed by atoms with E-state index in [-0.39, 0.29) is 10.8 Å². The number of hydrogen-bond donors (Lipinski definition) is 2. The van der Waals surface area contributed by atoms with Crippen molar-refractivity contribution in [2.75, 3.05) is 13.7 Å². The number of thiophene rings is 1. The Morgan fingerprint density at radius 1 is 1.56 bits per heavy atom. The van der Waals surface area contributed by atoms with E-state index in [1.165, 1.54) is 24.5 Å². The SMILES string of the molecule is CCc1ccc(S(=O)(=O)NCC(OC)C(=O)O)s1. The molecule has 0 aliphatic heterocycles. The van der Waals surface area contributed by atoms with E-state index in [0.717, 1.165) is 11.3 Å². The Balaban J connectivity index is 2.73. The van der Waals surface area contributed by atoms with E-state index in [9.17, 15) is 13.2 Å². The van der Waals surface area contributed by atoms with Crippen molar-refractivity contribution >= 4 is 27.3 Å². The number of carboxylic acid groups (broad SMARTS) is 1. The van der Waals surface area contributed by atoms with Gasteiger partial charge in [0.05, 0.1) is 0 Å². The van der Waals surface area contributed by atoms with E-state index in [1.807, 2.05) is 6.92 Å². The molecule has 1 aromatic rings. The molecule has 0 aliphatic carbocycles. The lowest BCUT2D eigenvalue weighted by Crippen LogP contribution is -2.37. The second-order valence-electron chi connectivity index (χ2n) is 3.49. The summed E-state index contributed by atoms with van der Waals surface area (Å²) in [6.07, 6.45) is -0.430. The maximum Gasteiger partial charge on any atom is 0.334 e. The fourth-order valence-corrected chi connectivity index (χ4v) is 3.59. The normalized spacial score (nSPS) is 13.4. The van der Waals surface area contributed by atoms with Crippen molar-refractivity contribution in [1.29, 1.82) is 0 Å². The molecular formula is C10H15NO5S2. The monoisotopic (exact) mass is 293 g/mol. The number of methoxy groups -OCH3 is 1. The minimum absolute atomic E-state index is 0.180. The van der Waals surface area contributed by atoms with E-state index in [0.29, 0.717) is 0 Å². The Morgan fingerprint density at radius 3 is 2.67 bits per heavy atom. The molecule has 8 heteroatoms. The molecule has 6 nitrogen and oxygen atoms in total. The molecule has 0 spiro atoms. The van der Waals surface area contributed by atoms with Crippen molar-refractivity contribution in [3.63, 3.8) is 0 Å². The highest BCUT2D eigenvalue weighted by Gasteiger charge is 2.22. The summed E-state index contributed by atoms with van der Waals surface area (Å²) in [6, 6.07) is 3.25. The first-order chi connectivity index (χ1) is 8.40. The highest BCUT2D eigenvalue weighted by Crippen LogP contribution is 2.21. The highest BCUT2D eigenvalue weighted by molar-refractivity contribution is 7.91. The number of nitrogens with one attached hydrogen (secondary N) is 1. The third-order valence-electron chi connectivity index (χ3n) is 2.27. The van der Waals surface area contributed by atoms with Gasteiger partial charge in [-0.3, -0.25) is 0 Å². The van der Waals surface area contributed by atoms with Crippen LogP contribution in [0.3, 0.4) is 0 Å². The van der Waals surface area contributed by atoms with Crippen LogP contribution in [0.15, 0.2) is 16.3 Å². The van der Waals surface area contributed by atoms with Gasteiger partial charge in [0.25, 0.3) is 0 Å². The van der Waals surface area contributed by atoms with Crippen LogP contribution in [-0.4, -0.2) is 39.3 Å². The van der Waals surface area contributed by atoms with Gasteiger partial charge in [-0.25, -0.2) is 17.9 Å². The molecule has 0 amide bonds. The molecule has 1 heterocycles. The van der Waals surface area contributed by atoms with Gasteiger partial charge >= 0.3 is 5.97 Å². The van der Waals surface area contributed by atoms with Crippen LogP contribution in [0, 0.1) is 0 Å². The van der Waals surface area contributed by atoms with Gasteiger partial charge in [0.15, 0.2) is 6.10 Å². The Kier molecular flexibility index (Phi) is 5.27. The van der Waals surface area contributed by atoms with Crippen LogP contribution in [0.1, 0.15) is 11.8 Å². The second kappa shape index (κ2) is 6.28. The van der Waals surface area contributed by atoms with Crippen LogP contribution in [0.5, 0.6) is 0 Å². The number of sulfonamides is 1. The Bertz CT molecular complexity index is 508. The van der Waals surface area contributed by atoms with Gasteiger partial charge in [0.1, 0.15) is 4.21 Å². The number of carboxylic acids is 1. The first-order valence-electron chi connectivity index (χ1n) is 5.24. The van der Waals surface area contributed by atoms with Crippen molar-refractivity contribution in [2.45, 2.75) is 23.7 Å². The molecule has 0 saturated carbocycles. The molecule has 1 unspecified atom stereocenters. The summed E-state index contributed by atoms with van der Waals surface area (Å²) >= 11 is 1.17. The molecule has 2 N–H and O–H groups in total. The van der Waals surface area contributed by atoms with Gasteiger partial charge in [0, 0.05) is 18.5 Å². The van der Waals surface area contributed by atoms with E-state index in [2.05, 4.69) is 9.46 Å². The number of rotatable bonds is 7. The van der Waals surface area contributed by atoms with Gasteiger partial charge in [-0.05, 0) is 18.6 Å². The van der Waals surface area contributed by atoms with Crippen molar-refractivity contribution < 1.29 is 23.1 Å². The average molecular weight is 293 g/mol. The van der Waals surface area contributed by atoms with Crippen LogP contribution < -0.4 is 4.72 Å². The summed E-state index contributed by atoms with van der Waals surface area (Å²) in [7, 11) is -2.45. The summed E-state index contributed by atoms with van der Waals surface area (Å²) in [4.78, 5) is 11.6. The number of aliphatic carboxylic acids is 1. The van der Waals surface area contributed by atoms with Crippen LogP contribution in [0.2, 0.25) is 0 Å². The number of aryl methyl sites for hydroxylation is 1. The summed E-state index contributed by atoms with van der Waals surface area (Å²) in [5.74, 6) is -1.21. The molecular weight excluding hydrogens is 278 g/mol. The maximum absolute atomic E-state index is 11.9. The van der Waals surface area contributed by atoms with Crippen LogP contribution in [-0.2, 0) is 26.0 Å². The lowest BCUT2D eigenvalue weighted by molar-refractivity contribution is -0.147. The molecule has 1 rings (SSSR count).